The maximum atomic E-state index is 15.2. The molecular formula is C30H24F2N4O. The molecule has 0 aliphatic heterocycles. The number of halogens is 2. The van der Waals surface area contributed by atoms with Crippen LogP contribution in [0.25, 0.3) is 38.4 Å². The number of rotatable bonds is 2. The van der Waals surface area contributed by atoms with Gasteiger partial charge in [-0.1, -0.05) is 32.0 Å². The minimum absolute atomic E-state index is 0.0494. The summed E-state index contributed by atoms with van der Waals surface area (Å²) < 4.78 is 29.0. The topological polar surface area (TPSA) is 63.3 Å². The standard InChI is InChI=1S/C30H24F2N4O/c1-16-22-11-10-21-26(20-9-8-17(31)14-23(20)32)35-29(19-12-13-34-24-7-5-4-6-18(19)24)36-28(21)30(22,2)15-25(33-3)27(16)37/h4-9,12-14,16,22,37H,10-11,15H2,1-2H3/t16-,22-,30-/m1/s1. The molecular weight excluding hydrogens is 470 g/mol. The normalized spacial score (nSPS) is 22.9. The van der Waals surface area contributed by atoms with E-state index in [0.717, 1.165) is 40.2 Å². The minimum Gasteiger partial charge on any atom is -0.523 e. The van der Waals surface area contributed by atoms with Crippen molar-refractivity contribution >= 4 is 10.9 Å². The summed E-state index contributed by atoms with van der Waals surface area (Å²) in [6, 6.07) is 13.1. The smallest absolute Gasteiger partial charge is 0.203 e. The molecule has 2 aliphatic rings. The highest BCUT2D eigenvalue weighted by molar-refractivity contribution is 5.92. The Balaban J connectivity index is 1.67. The molecule has 5 nitrogen and oxygen atoms in total. The Morgan fingerprint density at radius 2 is 1.89 bits per heavy atom. The van der Waals surface area contributed by atoms with Gasteiger partial charge < -0.3 is 5.11 Å². The third kappa shape index (κ3) is 3.51. The van der Waals surface area contributed by atoms with E-state index in [2.05, 4.69) is 16.8 Å². The lowest BCUT2D eigenvalue weighted by Crippen LogP contribution is -2.45. The van der Waals surface area contributed by atoms with Crippen molar-refractivity contribution in [3.63, 3.8) is 0 Å². The number of fused-ring (bicyclic) bond motifs is 4. The van der Waals surface area contributed by atoms with Crippen LogP contribution in [0.3, 0.4) is 0 Å². The quantitative estimate of drug-likeness (QED) is 0.300. The zero-order chi connectivity index (χ0) is 25.9. The summed E-state index contributed by atoms with van der Waals surface area (Å²) in [5, 5.41) is 11.6. The van der Waals surface area contributed by atoms with E-state index in [1.54, 1.807) is 6.20 Å². The fourth-order valence-electron chi connectivity index (χ4n) is 6.31. The highest BCUT2D eigenvalue weighted by Gasteiger charge is 2.50. The Morgan fingerprint density at radius 1 is 1.08 bits per heavy atom. The van der Waals surface area contributed by atoms with Gasteiger partial charge in [0.25, 0.3) is 0 Å². The SMILES string of the molecule is [C-]#[N+]C1=C(O)[C@H](C)[C@H]2CCc3c(-c4ccc(F)cc4F)nc(-c4ccnc5ccccc45)nc3[C@]2(C)C1. The maximum absolute atomic E-state index is 15.2. The second kappa shape index (κ2) is 8.45. The van der Waals surface area contributed by atoms with Crippen LogP contribution in [0.4, 0.5) is 8.78 Å². The zero-order valence-corrected chi connectivity index (χ0v) is 20.5. The Morgan fingerprint density at radius 3 is 2.68 bits per heavy atom. The summed E-state index contributed by atoms with van der Waals surface area (Å²) in [5.41, 5.74) is 3.54. The first-order chi connectivity index (χ1) is 17.8. The van der Waals surface area contributed by atoms with E-state index in [-0.39, 0.29) is 23.2 Å². The number of aromatic nitrogens is 3. The lowest BCUT2D eigenvalue weighted by Gasteiger charge is -2.48. The fourth-order valence-corrected chi connectivity index (χ4v) is 6.31. The molecule has 1 N–H and O–H groups in total. The molecule has 184 valence electrons. The highest BCUT2D eigenvalue weighted by atomic mass is 19.1. The molecule has 2 aromatic carbocycles. The Hall–Kier alpha value is -4.18. The summed E-state index contributed by atoms with van der Waals surface area (Å²) in [4.78, 5) is 18.1. The molecule has 0 unspecified atom stereocenters. The van der Waals surface area contributed by atoms with Crippen molar-refractivity contribution in [2.24, 2.45) is 11.8 Å². The van der Waals surface area contributed by atoms with Gasteiger partial charge in [-0.25, -0.2) is 23.6 Å². The second-order valence-corrected chi connectivity index (χ2v) is 10.2. The Kier molecular flexibility index (Phi) is 5.30. The average Bonchev–Trinajstić information content (AvgIpc) is 2.90. The van der Waals surface area contributed by atoms with Gasteiger partial charge in [0, 0.05) is 45.7 Å². The van der Waals surface area contributed by atoms with E-state index in [1.165, 1.54) is 12.1 Å². The third-order valence-corrected chi connectivity index (χ3v) is 8.15. The van der Waals surface area contributed by atoms with Crippen molar-refractivity contribution < 1.29 is 13.9 Å². The van der Waals surface area contributed by atoms with Crippen LogP contribution in [-0.4, -0.2) is 20.1 Å². The number of hydrogen-bond acceptors (Lipinski definition) is 4. The predicted molar refractivity (Wildman–Crippen MR) is 137 cm³/mol. The number of pyridine rings is 1. The summed E-state index contributed by atoms with van der Waals surface area (Å²) in [6.45, 7) is 11.7. The van der Waals surface area contributed by atoms with Crippen LogP contribution in [0, 0.1) is 30.0 Å². The summed E-state index contributed by atoms with van der Waals surface area (Å²) in [5.74, 6) is -0.917. The molecule has 3 atom stereocenters. The van der Waals surface area contributed by atoms with Gasteiger partial charge >= 0.3 is 0 Å². The molecule has 2 aliphatic carbocycles. The second-order valence-electron chi connectivity index (χ2n) is 10.2. The van der Waals surface area contributed by atoms with Crippen LogP contribution >= 0.6 is 0 Å². The highest BCUT2D eigenvalue weighted by Crippen LogP contribution is 2.54. The van der Waals surface area contributed by atoms with Gasteiger partial charge in [-0.3, -0.25) is 4.98 Å². The molecule has 0 saturated heterocycles. The lowest BCUT2D eigenvalue weighted by atomic mass is 9.57. The molecule has 0 bridgehead atoms. The number of benzene rings is 2. The number of allylic oxidation sites excluding steroid dienone is 2. The molecule has 0 amide bonds. The van der Waals surface area contributed by atoms with E-state index < -0.39 is 17.0 Å². The van der Waals surface area contributed by atoms with Gasteiger partial charge in [0.15, 0.2) is 5.82 Å². The zero-order valence-electron chi connectivity index (χ0n) is 20.5. The van der Waals surface area contributed by atoms with Crippen molar-refractivity contribution in [3.05, 3.63) is 100 Å². The van der Waals surface area contributed by atoms with Gasteiger partial charge in [0.2, 0.25) is 5.70 Å². The molecule has 6 rings (SSSR count). The first-order valence-corrected chi connectivity index (χ1v) is 12.3. The number of para-hydroxylation sites is 1. The van der Waals surface area contributed by atoms with Crippen molar-refractivity contribution in [1.82, 2.24) is 15.0 Å². The number of aliphatic hydroxyl groups excluding tert-OH is 1. The van der Waals surface area contributed by atoms with Gasteiger partial charge in [-0.2, -0.15) is 0 Å². The van der Waals surface area contributed by atoms with Crippen molar-refractivity contribution in [2.75, 3.05) is 0 Å². The lowest BCUT2D eigenvalue weighted by molar-refractivity contribution is 0.135. The molecule has 2 heterocycles. The first-order valence-electron chi connectivity index (χ1n) is 12.3. The molecule has 37 heavy (non-hydrogen) atoms. The van der Waals surface area contributed by atoms with E-state index in [9.17, 15) is 9.50 Å². The summed E-state index contributed by atoms with van der Waals surface area (Å²) in [6.07, 6.45) is 3.35. The van der Waals surface area contributed by atoms with Gasteiger partial charge in [0.1, 0.15) is 11.6 Å². The molecule has 0 spiro atoms. The Bertz CT molecular complexity index is 1650. The van der Waals surface area contributed by atoms with Crippen molar-refractivity contribution in [1.29, 1.82) is 0 Å². The van der Waals surface area contributed by atoms with Crippen LogP contribution in [0.1, 0.15) is 37.9 Å². The van der Waals surface area contributed by atoms with Gasteiger partial charge in [-0.15, -0.1) is 0 Å². The molecule has 0 fully saturated rings. The van der Waals surface area contributed by atoms with Crippen molar-refractivity contribution in [2.45, 2.75) is 38.5 Å². The van der Waals surface area contributed by atoms with Crippen molar-refractivity contribution in [3.8, 4) is 22.6 Å². The molecule has 4 aromatic rings. The largest absolute Gasteiger partial charge is 0.523 e. The molecule has 7 heteroatoms. The van der Waals surface area contributed by atoms with Crippen LogP contribution in [0.5, 0.6) is 0 Å². The number of nitrogens with zero attached hydrogens (tertiary/aromatic N) is 4. The van der Waals surface area contributed by atoms with Crippen LogP contribution in [0.15, 0.2) is 66.2 Å². The van der Waals surface area contributed by atoms with Crippen LogP contribution in [0.2, 0.25) is 0 Å². The minimum atomic E-state index is -0.685. The number of hydrogen-bond donors (Lipinski definition) is 1. The predicted octanol–water partition coefficient (Wildman–Crippen LogP) is 7.19. The monoisotopic (exact) mass is 494 g/mol. The number of aliphatic hydroxyl groups is 1. The summed E-state index contributed by atoms with van der Waals surface area (Å²) >= 11 is 0. The van der Waals surface area contributed by atoms with E-state index >= 15 is 4.39 Å². The Labute approximate surface area is 213 Å². The first kappa shape index (κ1) is 23.2. The van der Waals surface area contributed by atoms with E-state index in [0.29, 0.717) is 30.1 Å². The van der Waals surface area contributed by atoms with E-state index in [1.807, 2.05) is 37.3 Å². The van der Waals surface area contributed by atoms with Crippen LogP contribution in [-0.2, 0) is 11.8 Å². The van der Waals surface area contributed by atoms with E-state index in [4.69, 9.17) is 16.5 Å². The maximum Gasteiger partial charge on any atom is 0.203 e. The fraction of sp³-hybridized carbons (Fsp3) is 0.267. The van der Waals surface area contributed by atoms with Gasteiger partial charge in [-0.05, 0) is 49.4 Å². The third-order valence-electron chi connectivity index (χ3n) is 8.15. The van der Waals surface area contributed by atoms with Crippen LogP contribution < -0.4 is 0 Å². The molecule has 2 aromatic heterocycles. The summed E-state index contributed by atoms with van der Waals surface area (Å²) in [7, 11) is 0. The molecule has 0 radical (unpaired) electrons. The molecule has 0 saturated carbocycles. The average molecular weight is 495 g/mol. The van der Waals surface area contributed by atoms with Gasteiger partial charge in [0.05, 0.1) is 29.2 Å².